The summed E-state index contributed by atoms with van der Waals surface area (Å²) in [6, 6.07) is 30.5. The average Bonchev–Trinajstić information content (AvgIpc) is 3.25. The molecule has 0 saturated carbocycles. The molecule has 1 aliphatic heterocycles. The number of piperazine rings is 1. The molecule has 1 aromatic heterocycles. The zero-order chi connectivity index (χ0) is 44.7. The van der Waals surface area contributed by atoms with Crippen LogP contribution in [0.2, 0.25) is 5.02 Å². The molecule has 0 bridgehead atoms. The summed E-state index contributed by atoms with van der Waals surface area (Å²) in [5.74, 6) is 0.0763. The monoisotopic (exact) mass is 920 g/mol. The third kappa shape index (κ3) is 12.1. The van der Waals surface area contributed by atoms with Crippen molar-refractivity contribution in [2.45, 2.75) is 35.2 Å². The number of thioether (sulfide) groups is 1. The molecule has 7 rings (SSSR count). The van der Waals surface area contributed by atoms with Crippen LogP contribution in [0.25, 0.3) is 22.0 Å². The van der Waals surface area contributed by atoms with E-state index >= 15 is 0 Å². The molecule has 0 aliphatic carbocycles. The Labute approximate surface area is 372 Å². The van der Waals surface area contributed by atoms with Crippen molar-refractivity contribution in [2.75, 3.05) is 67.5 Å². The second-order valence-electron chi connectivity index (χ2n) is 15.2. The number of hydrogen-bond acceptors (Lipinski definition) is 12. The zero-order valence-corrected chi connectivity index (χ0v) is 36.6. The Balaban J connectivity index is 1.01. The van der Waals surface area contributed by atoms with Gasteiger partial charge in [-0.05, 0) is 110 Å². The average molecular weight is 921 g/mol. The largest absolute Gasteiger partial charge is 0.573 e. The molecule has 2 heterocycles. The van der Waals surface area contributed by atoms with Crippen LogP contribution in [0.15, 0.2) is 125 Å². The highest BCUT2D eigenvalue weighted by Gasteiger charge is 2.31. The highest BCUT2D eigenvalue weighted by Crippen LogP contribution is 2.33. The van der Waals surface area contributed by atoms with E-state index in [0.717, 1.165) is 50.0 Å². The van der Waals surface area contributed by atoms with Gasteiger partial charge in [0.25, 0.3) is 15.7 Å². The first-order valence-corrected chi connectivity index (χ1v) is 22.7. The molecule has 1 aliphatic rings. The lowest BCUT2D eigenvalue weighted by molar-refractivity contribution is -0.384. The number of sulfonamides is 1. The number of nitro groups is 1. The summed E-state index contributed by atoms with van der Waals surface area (Å²) in [5.41, 5.74) is 4.65. The third-order valence-corrected chi connectivity index (χ3v) is 13.2. The molecular weight excluding hydrogens is 877 g/mol. The normalized spacial score (nSPS) is 14.2. The standard InChI is InChI=1S/C44H44ClF3N8O5S2/c1-53(2)20-19-33(28-62-36-14-12-35(13-15-36)61-44(46,47)48)51-40-18-16-37(26-42(40)56(57)58)63(59,60)52-43-39-17-11-34(25-41(39)49-29-50-43)55-23-21-54(22-24-55)27-31-5-3-4-6-38(31)30-7-9-32(45)10-8-30/h3-18,25-26,29,33,51H,19-24,27-28H2,1-2H3,(H,49,50,52)/t33-/m1/s1. The van der Waals surface area contributed by atoms with Crippen molar-refractivity contribution in [3.05, 3.63) is 136 Å². The predicted molar refractivity (Wildman–Crippen MR) is 242 cm³/mol. The highest BCUT2D eigenvalue weighted by molar-refractivity contribution is 7.99. The van der Waals surface area contributed by atoms with E-state index in [-0.39, 0.29) is 28.2 Å². The van der Waals surface area contributed by atoms with Gasteiger partial charge in [-0.25, -0.2) is 18.4 Å². The van der Waals surface area contributed by atoms with Gasteiger partial charge >= 0.3 is 6.36 Å². The number of nitrogens with zero attached hydrogens (tertiary/aromatic N) is 6. The summed E-state index contributed by atoms with van der Waals surface area (Å²) in [7, 11) is -0.597. The van der Waals surface area contributed by atoms with Crippen molar-refractivity contribution in [1.29, 1.82) is 0 Å². The number of benzene rings is 5. The van der Waals surface area contributed by atoms with Crippen LogP contribution >= 0.6 is 23.4 Å². The fourth-order valence-corrected chi connectivity index (χ4v) is 9.35. The second kappa shape index (κ2) is 19.8. The van der Waals surface area contributed by atoms with Crippen LogP contribution in [0.3, 0.4) is 0 Å². The van der Waals surface area contributed by atoms with Crippen LogP contribution in [0.4, 0.5) is 36.1 Å². The number of nitrogens with one attached hydrogen (secondary N) is 2. The van der Waals surface area contributed by atoms with Gasteiger partial charge in [0.2, 0.25) is 0 Å². The predicted octanol–water partition coefficient (Wildman–Crippen LogP) is 9.40. The molecule has 1 fully saturated rings. The summed E-state index contributed by atoms with van der Waals surface area (Å²) in [6.45, 7) is 4.63. The molecular formula is C44H44ClF3N8O5S2. The van der Waals surface area contributed by atoms with Gasteiger partial charge in [0.05, 0.1) is 15.3 Å². The second-order valence-corrected chi connectivity index (χ2v) is 18.4. The summed E-state index contributed by atoms with van der Waals surface area (Å²) < 4.78 is 71.8. The Hall–Kier alpha value is -5.66. The number of aromatic nitrogens is 2. The topological polar surface area (TPSA) is 146 Å². The van der Waals surface area contributed by atoms with E-state index in [1.165, 1.54) is 65.6 Å². The first-order chi connectivity index (χ1) is 30.1. The van der Waals surface area contributed by atoms with E-state index in [1.54, 1.807) is 6.07 Å². The van der Waals surface area contributed by atoms with Crippen molar-refractivity contribution >= 4 is 67.2 Å². The van der Waals surface area contributed by atoms with Crippen molar-refractivity contribution in [3.63, 3.8) is 0 Å². The highest BCUT2D eigenvalue weighted by atomic mass is 35.5. The molecule has 63 heavy (non-hydrogen) atoms. The summed E-state index contributed by atoms with van der Waals surface area (Å²) in [4.78, 5) is 27.3. The van der Waals surface area contributed by atoms with Crippen molar-refractivity contribution in [3.8, 4) is 16.9 Å². The number of alkyl halides is 3. The fraction of sp³-hybridized carbons (Fsp3) is 0.273. The minimum absolute atomic E-state index is 0.0272. The lowest BCUT2D eigenvalue weighted by Gasteiger charge is -2.36. The van der Waals surface area contributed by atoms with Gasteiger partial charge in [-0.2, -0.15) is 0 Å². The maximum absolute atomic E-state index is 13.8. The Morgan fingerprint density at radius 1 is 0.937 bits per heavy atom. The molecule has 330 valence electrons. The molecule has 1 atom stereocenters. The Morgan fingerprint density at radius 3 is 2.37 bits per heavy atom. The molecule has 5 aromatic carbocycles. The van der Waals surface area contributed by atoms with Gasteiger partial charge in [0, 0.05) is 71.6 Å². The van der Waals surface area contributed by atoms with Crippen molar-refractivity contribution in [2.24, 2.45) is 0 Å². The van der Waals surface area contributed by atoms with E-state index in [0.29, 0.717) is 39.5 Å². The van der Waals surface area contributed by atoms with E-state index in [1.807, 2.05) is 61.5 Å². The molecule has 1 saturated heterocycles. The van der Waals surface area contributed by atoms with E-state index in [9.17, 15) is 31.7 Å². The van der Waals surface area contributed by atoms with Gasteiger partial charge in [-0.15, -0.1) is 24.9 Å². The van der Waals surface area contributed by atoms with Gasteiger partial charge in [-0.1, -0.05) is 48.0 Å². The van der Waals surface area contributed by atoms with Crippen LogP contribution in [0.1, 0.15) is 12.0 Å². The number of ether oxygens (including phenoxy) is 1. The van der Waals surface area contributed by atoms with Gasteiger partial charge in [-0.3, -0.25) is 19.7 Å². The van der Waals surface area contributed by atoms with E-state index < -0.39 is 27.0 Å². The number of rotatable bonds is 17. The number of halogens is 4. The Morgan fingerprint density at radius 2 is 1.67 bits per heavy atom. The van der Waals surface area contributed by atoms with Gasteiger partial charge in [0.1, 0.15) is 17.8 Å². The maximum Gasteiger partial charge on any atom is 0.573 e. The van der Waals surface area contributed by atoms with Crippen LogP contribution in [-0.2, 0) is 16.6 Å². The molecule has 13 nitrogen and oxygen atoms in total. The quantitative estimate of drug-likeness (QED) is 0.0511. The SMILES string of the molecule is CN(C)CC[C@H](CSc1ccc(OC(F)(F)F)cc1)Nc1ccc(S(=O)(=O)Nc2ncnc3cc(N4CCN(Cc5ccccc5-c5ccc(Cl)cc5)CC4)ccc23)cc1[N+](=O)[O-]. The lowest BCUT2D eigenvalue weighted by Crippen LogP contribution is -2.46. The van der Waals surface area contributed by atoms with Crippen LogP contribution in [0, 0.1) is 10.1 Å². The molecule has 0 amide bonds. The Bertz CT molecular complexity index is 2650. The van der Waals surface area contributed by atoms with E-state index in [2.05, 4.69) is 52.7 Å². The smallest absolute Gasteiger partial charge is 0.406 e. The number of nitro benzene ring substituents is 1. The molecule has 0 unspecified atom stereocenters. The maximum atomic E-state index is 13.8. The first kappa shape index (κ1) is 45.4. The van der Waals surface area contributed by atoms with Crippen LogP contribution in [0.5, 0.6) is 5.75 Å². The Kier molecular flexibility index (Phi) is 14.3. The van der Waals surface area contributed by atoms with Crippen LogP contribution < -0.4 is 19.7 Å². The number of fused-ring (bicyclic) bond motifs is 1. The first-order valence-electron chi connectivity index (χ1n) is 19.9. The molecule has 0 radical (unpaired) electrons. The fourth-order valence-electron chi connectivity index (χ4n) is 7.20. The van der Waals surface area contributed by atoms with Gasteiger partial charge < -0.3 is 19.9 Å². The molecule has 2 N–H and O–H groups in total. The summed E-state index contributed by atoms with van der Waals surface area (Å²) >= 11 is 7.48. The van der Waals surface area contributed by atoms with Gasteiger partial charge in [0.15, 0.2) is 5.82 Å². The lowest BCUT2D eigenvalue weighted by atomic mass is 9.99. The zero-order valence-electron chi connectivity index (χ0n) is 34.3. The third-order valence-electron chi connectivity index (χ3n) is 10.4. The minimum atomic E-state index is -4.81. The molecule has 0 spiro atoms. The van der Waals surface area contributed by atoms with Crippen LogP contribution in [-0.4, -0.2) is 98.1 Å². The minimum Gasteiger partial charge on any atom is -0.406 e. The summed E-state index contributed by atoms with van der Waals surface area (Å²) in [6.07, 6.45) is -2.99. The molecule has 19 heteroatoms. The number of hydrogen-bond donors (Lipinski definition) is 2. The summed E-state index contributed by atoms with van der Waals surface area (Å²) in [5, 5.41) is 16.7. The van der Waals surface area contributed by atoms with Crippen molar-refractivity contribution in [1.82, 2.24) is 19.8 Å². The number of anilines is 3. The molecule has 6 aromatic rings. The van der Waals surface area contributed by atoms with E-state index in [4.69, 9.17) is 11.6 Å². The van der Waals surface area contributed by atoms with Crippen molar-refractivity contribution < 1.29 is 31.2 Å².